The van der Waals surface area contributed by atoms with Crippen LogP contribution < -0.4 is 14.8 Å². The minimum atomic E-state index is 0.216. The molecule has 0 saturated carbocycles. The molecule has 8 nitrogen and oxygen atoms in total. The Morgan fingerprint density at radius 3 is 2.67 bits per heavy atom. The molecule has 0 bridgehead atoms. The van der Waals surface area contributed by atoms with Gasteiger partial charge in [0, 0.05) is 6.54 Å². The third kappa shape index (κ3) is 4.66. The third-order valence-corrected chi connectivity index (χ3v) is 4.61. The molecule has 0 atom stereocenters. The summed E-state index contributed by atoms with van der Waals surface area (Å²) < 4.78 is 18.4. The number of hydrogen-bond acceptors (Lipinski definition) is 7. The number of tetrazole rings is 1. The average molecular weight is 405 g/mol. The maximum atomic E-state index is 5.95. The molecule has 0 fully saturated rings. The maximum absolute atomic E-state index is 5.95. The smallest absolute Gasteiger partial charge is 0.194 e. The summed E-state index contributed by atoms with van der Waals surface area (Å²) in [5.74, 6) is 2.78. The summed E-state index contributed by atoms with van der Waals surface area (Å²) in [4.78, 5) is 0. The predicted octanol–water partition coefficient (Wildman–Crippen LogP) is 3.44. The van der Waals surface area contributed by atoms with E-state index in [-0.39, 0.29) is 6.61 Å². The summed E-state index contributed by atoms with van der Waals surface area (Å²) in [5.41, 5.74) is 3.14. The highest BCUT2D eigenvalue weighted by molar-refractivity contribution is 5.43. The Bertz CT molecular complexity index is 1070. The van der Waals surface area contributed by atoms with Crippen molar-refractivity contribution in [3.8, 4) is 17.2 Å². The van der Waals surface area contributed by atoms with Gasteiger partial charge in [-0.05, 0) is 59.3 Å². The van der Waals surface area contributed by atoms with Gasteiger partial charge in [-0.2, -0.15) is 4.68 Å². The highest BCUT2D eigenvalue weighted by Gasteiger charge is 2.12. The molecule has 4 rings (SSSR count). The molecule has 0 saturated heterocycles. The molecule has 154 valence electrons. The molecular formula is C22H23N5O3. The van der Waals surface area contributed by atoms with Crippen LogP contribution in [0.1, 0.15) is 22.7 Å². The van der Waals surface area contributed by atoms with E-state index in [1.165, 1.54) is 5.56 Å². The van der Waals surface area contributed by atoms with Gasteiger partial charge in [0.25, 0.3) is 0 Å². The van der Waals surface area contributed by atoms with Crippen LogP contribution in [0.2, 0.25) is 0 Å². The van der Waals surface area contributed by atoms with E-state index in [9.17, 15) is 0 Å². The number of ether oxygens (including phenoxy) is 2. The lowest BCUT2D eigenvalue weighted by Crippen LogP contribution is -2.12. The van der Waals surface area contributed by atoms with Crippen LogP contribution in [-0.2, 0) is 19.7 Å². The number of furan rings is 1. The van der Waals surface area contributed by atoms with Gasteiger partial charge in [0.2, 0.25) is 0 Å². The number of methoxy groups -OCH3 is 1. The van der Waals surface area contributed by atoms with Crippen molar-refractivity contribution in [1.82, 2.24) is 25.5 Å². The van der Waals surface area contributed by atoms with E-state index in [0.29, 0.717) is 30.4 Å². The van der Waals surface area contributed by atoms with E-state index in [1.54, 1.807) is 18.1 Å². The van der Waals surface area contributed by atoms with Crippen molar-refractivity contribution < 1.29 is 13.9 Å². The number of hydrogen-bond donors (Lipinski definition) is 1. The lowest BCUT2D eigenvalue weighted by Gasteiger charge is -2.12. The summed E-state index contributed by atoms with van der Waals surface area (Å²) in [6.45, 7) is 3.60. The lowest BCUT2D eigenvalue weighted by molar-refractivity contribution is 0.273. The molecule has 0 radical (unpaired) electrons. The molecular weight excluding hydrogens is 382 g/mol. The zero-order valence-corrected chi connectivity index (χ0v) is 16.9. The highest BCUT2D eigenvalue weighted by atomic mass is 16.5. The second kappa shape index (κ2) is 9.23. The number of rotatable bonds is 9. The SMILES string of the molecule is COc1cc(CNCc2ccco2)ccc1OCc1nnnn1-c1ccc(C)cc1. The Balaban J connectivity index is 1.40. The average Bonchev–Trinajstić information content (AvgIpc) is 3.45. The Morgan fingerprint density at radius 1 is 1.03 bits per heavy atom. The first-order chi connectivity index (χ1) is 14.7. The quantitative estimate of drug-likeness (QED) is 0.456. The summed E-state index contributed by atoms with van der Waals surface area (Å²) >= 11 is 0. The Labute approximate surface area is 174 Å². The van der Waals surface area contributed by atoms with Gasteiger partial charge < -0.3 is 19.2 Å². The van der Waals surface area contributed by atoms with E-state index >= 15 is 0 Å². The van der Waals surface area contributed by atoms with Crippen LogP contribution in [0.3, 0.4) is 0 Å². The lowest BCUT2D eigenvalue weighted by atomic mass is 10.2. The van der Waals surface area contributed by atoms with Gasteiger partial charge in [-0.15, -0.1) is 5.10 Å². The number of nitrogens with zero attached hydrogens (tertiary/aromatic N) is 4. The van der Waals surface area contributed by atoms with Crippen LogP contribution in [0.15, 0.2) is 65.3 Å². The first-order valence-corrected chi connectivity index (χ1v) is 9.60. The van der Waals surface area contributed by atoms with Crippen LogP contribution in [-0.4, -0.2) is 27.3 Å². The first-order valence-electron chi connectivity index (χ1n) is 9.60. The molecule has 0 aliphatic carbocycles. The van der Waals surface area contributed by atoms with Gasteiger partial charge in [-0.25, -0.2) is 0 Å². The fraction of sp³-hybridized carbons (Fsp3) is 0.227. The normalized spacial score (nSPS) is 10.9. The topological polar surface area (TPSA) is 87.2 Å². The molecule has 2 aromatic heterocycles. The zero-order valence-electron chi connectivity index (χ0n) is 16.9. The summed E-state index contributed by atoms with van der Waals surface area (Å²) in [6, 6.07) is 17.6. The molecule has 0 unspecified atom stereocenters. The zero-order chi connectivity index (χ0) is 20.8. The predicted molar refractivity (Wildman–Crippen MR) is 110 cm³/mol. The molecule has 0 aliphatic rings. The van der Waals surface area contributed by atoms with Crippen LogP contribution >= 0.6 is 0 Å². The van der Waals surface area contributed by atoms with Crippen LogP contribution in [0.25, 0.3) is 5.69 Å². The molecule has 0 amide bonds. The van der Waals surface area contributed by atoms with Gasteiger partial charge in [0.1, 0.15) is 5.76 Å². The van der Waals surface area contributed by atoms with Crippen molar-refractivity contribution in [2.24, 2.45) is 0 Å². The van der Waals surface area contributed by atoms with Crippen molar-refractivity contribution in [1.29, 1.82) is 0 Å². The Kier molecular flexibility index (Phi) is 6.05. The molecule has 0 aliphatic heterocycles. The molecule has 30 heavy (non-hydrogen) atoms. The van der Waals surface area contributed by atoms with Crippen molar-refractivity contribution in [2.45, 2.75) is 26.6 Å². The van der Waals surface area contributed by atoms with Gasteiger partial charge in [-0.1, -0.05) is 23.8 Å². The van der Waals surface area contributed by atoms with Crippen LogP contribution in [0, 0.1) is 6.92 Å². The summed E-state index contributed by atoms with van der Waals surface area (Å²) in [5, 5.41) is 15.3. The van der Waals surface area contributed by atoms with Crippen molar-refractivity contribution in [3.05, 3.63) is 83.6 Å². The third-order valence-electron chi connectivity index (χ3n) is 4.61. The molecule has 2 aromatic carbocycles. The van der Waals surface area contributed by atoms with E-state index in [4.69, 9.17) is 13.9 Å². The second-order valence-electron chi connectivity index (χ2n) is 6.80. The molecule has 2 heterocycles. The largest absolute Gasteiger partial charge is 0.493 e. The van der Waals surface area contributed by atoms with E-state index in [1.807, 2.05) is 61.5 Å². The summed E-state index contributed by atoms with van der Waals surface area (Å²) in [6.07, 6.45) is 1.67. The number of aromatic nitrogens is 4. The second-order valence-corrected chi connectivity index (χ2v) is 6.80. The molecule has 8 heteroatoms. The van der Waals surface area contributed by atoms with E-state index in [0.717, 1.165) is 17.0 Å². The van der Waals surface area contributed by atoms with E-state index < -0.39 is 0 Å². The van der Waals surface area contributed by atoms with Crippen LogP contribution in [0.4, 0.5) is 0 Å². The van der Waals surface area contributed by atoms with E-state index in [2.05, 4.69) is 20.8 Å². The summed E-state index contributed by atoms with van der Waals surface area (Å²) in [7, 11) is 1.62. The number of benzene rings is 2. The Morgan fingerprint density at radius 2 is 1.90 bits per heavy atom. The van der Waals surface area contributed by atoms with Crippen molar-refractivity contribution in [2.75, 3.05) is 7.11 Å². The number of nitrogens with one attached hydrogen (secondary N) is 1. The van der Waals surface area contributed by atoms with Gasteiger partial charge in [-0.3, -0.25) is 0 Å². The number of aryl methyl sites for hydroxylation is 1. The van der Waals surface area contributed by atoms with Crippen molar-refractivity contribution >= 4 is 0 Å². The van der Waals surface area contributed by atoms with Gasteiger partial charge in [0.05, 0.1) is 25.6 Å². The molecule has 4 aromatic rings. The van der Waals surface area contributed by atoms with Gasteiger partial charge in [0.15, 0.2) is 23.9 Å². The molecule has 0 spiro atoms. The fourth-order valence-electron chi connectivity index (χ4n) is 3.01. The minimum Gasteiger partial charge on any atom is -0.493 e. The minimum absolute atomic E-state index is 0.216. The van der Waals surface area contributed by atoms with Crippen LogP contribution in [0.5, 0.6) is 11.5 Å². The maximum Gasteiger partial charge on any atom is 0.194 e. The Hall–Kier alpha value is -3.65. The standard InChI is InChI=1S/C22H23N5O3/c1-16-5-8-18(9-6-16)27-22(24-25-26-27)15-30-20-10-7-17(12-21(20)28-2)13-23-14-19-4-3-11-29-19/h3-12,23H,13-15H2,1-2H3. The monoisotopic (exact) mass is 405 g/mol. The first kappa shape index (κ1) is 19.7. The van der Waals surface area contributed by atoms with Gasteiger partial charge >= 0.3 is 0 Å². The van der Waals surface area contributed by atoms with Crippen molar-refractivity contribution in [3.63, 3.8) is 0 Å². The highest BCUT2D eigenvalue weighted by Crippen LogP contribution is 2.29. The molecule has 1 N–H and O–H groups in total. The fourth-order valence-corrected chi connectivity index (χ4v) is 3.01.